The number of piperidine rings is 3. The average Bonchev–Trinajstić information content (AvgIpc) is 3.39. The number of hydrogen-bond acceptors (Lipinski definition) is 6. The lowest BCUT2D eigenvalue weighted by atomic mass is 9.79. The van der Waals surface area contributed by atoms with E-state index < -0.39 is 12.2 Å². The number of nitrogens with one attached hydrogen (secondary N) is 2. The Hall–Kier alpha value is -3.50. The van der Waals surface area contributed by atoms with Crippen LogP contribution in [-0.4, -0.2) is 76.7 Å². The van der Waals surface area contributed by atoms with E-state index in [1.807, 2.05) is 42.2 Å². The number of nitrogens with zero attached hydrogens (tertiary/aromatic N) is 3. The molecule has 1 aromatic heterocycles. The number of carbonyl (C=O) groups excluding carboxylic acids is 2. The molecule has 10 nitrogen and oxygen atoms in total. The van der Waals surface area contributed by atoms with Crippen LogP contribution in [-0.2, 0) is 16.0 Å². The van der Waals surface area contributed by atoms with Gasteiger partial charge >= 0.3 is 11.8 Å². The first-order valence-corrected chi connectivity index (χ1v) is 16.3. The molecule has 3 fully saturated rings. The van der Waals surface area contributed by atoms with E-state index in [1.165, 1.54) is 12.8 Å². The van der Waals surface area contributed by atoms with Gasteiger partial charge in [0.05, 0.1) is 21.7 Å². The van der Waals surface area contributed by atoms with Crippen molar-refractivity contribution in [3.63, 3.8) is 0 Å². The van der Waals surface area contributed by atoms with Gasteiger partial charge in [0.25, 0.3) is 5.91 Å². The van der Waals surface area contributed by atoms with Gasteiger partial charge in [-0.1, -0.05) is 29.8 Å². The number of aromatic nitrogens is 2. The van der Waals surface area contributed by atoms with Crippen molar-refractivity contribution in [1.82, 2.24) is 24.7 Å². The number of nitrogen functional groups attached to an aromatic ring is 1. The fourth-order valence-corrected chi connectivity index (χ4v) is 7.68. The Balaban J connectivity index is 1.13. The van der Waals surface area contributed by atoms with Gasteiger partial charge in [0.2, 0.25) is 0 Å². The van der Waals surface area contributed by atoms with Gasteiger partial charge in [0, 0.05) is 38.6 Å². The molecule has 44 heavy (non-hydrogen) atoms. The van der Waals surface area contributed by atoms with Crippen LogP contribution in [0.15, 0.2) is 41.2 Å². The number of ether oxygens (including phenoxy) is 1. The average molecular weight is 623 g/mol. The molecule has 0 aliphatic carbocycles. The third-order valence-corrected chi connectivity index (χ3v) is 10.3. The number of anilines is 1. The molecule has 3 saturated heterocycles. The molecule has 0 radical (unpaired) electrons. The molecule has 3 aliphatic heterocycles. The van der Waals surface area contributed by atoms with Crippen molar-refractivity contribution in [1.29, 1.82) is 0 Å². The number of aryl methyl sites for hydroxylation is 1. The first kappa shape index (κ1) is 30.5. The second kappa shape index (κ2) is 13.2. The van der Waals surface area contributed by atoms with E-state index in [0.717, 1.165) is 48.1 Å². The van der Waals surface area contributed by atoms with Crippen molar-refractivity contribution in [2.45, 2.75) is 64.0 Å². The zero-order chi connectivity index (χ0) is 30.8. The highest BCUT2D eigenvalue weighted by Gasteiger charge is 2.35. The first-order valence-electron chi connectivity index (χ1n) is 16.0. The molecule has 0 spiro atoms. The molecule has 6 rings (SSSR count). The van der Waals surface area contributed by atoms with Gasteiger partial charge < -0.3 is 30.6 Å². The number of H-pyrrole nitrogens is 1. The second-order valence-corrected chi connectivity index (χ2v) is 13.1. The maximum atomic E-state index is 13.9. The first-order chi connectivity index (χ1) is 21.3. The monoisotopic (exact) mass is 622 g/mol. The highest BCUT2D eigenvalue weighted by molar-refractivity contribution is 6.33. The number of nitrogens with two attached hydrogens (primary N) is 1. The van der Waals surface area contributed by atoms with Crippen LogP contribution in [0, 0.1) is 18.8 Å². The molecule has 3 aromatic rings. The zero-order valence-electron chi connectivity index (χ0n) is 25.4. The van der Waals surface area contributed by atoms with Gasteiger partial charge in [-0.25, -0.2) is 9.59 Å². The van der Waals surface area contributed by atoms with Crippen molar-refractivity contribution in [2.24, 2.45) is 11.8 Å². The van der Waals surface area contributed by atoms with Crippen molar-refractivity contribution >= 4 is 40.3 Å². The summed E-state index contributed by atoms with van der Waals surface area (Å²) < 4.78 is 7.82. The summed E-state index contributed by atoms with van der Waals surface area (Å²) >= 11 is 6.38. The number of likely N-dealkylation sites (tertiary alicyclic amines) is 2. The standard InChI is InChI=1S/C33H43ClN6O4/c1-21-18-22(19-26(34)30(21)35)20-29(31(41)38-14-8-24(9-15-38)23-6-12-36-13-7-23)44-33(43)39-16-10-25(11-17-39)40-28-5-3-2-4-27(28)37-32(40)42/h2-5,18-19,23-25,29,36H,6-17,20,35H2,1H3,(H,37,42)/t29-/m1/s1. The Labute approximate surface area is 262 Å². The number of aromatic amines is 1. The van der Waals surface area contributed by atoms with E-state index in [1.54, 1.807) is 15.5 Å². The van der Waals surface area contributed by atoms with Gasteiger partial charge in [-0.2, -0.15) is 0 Å². The largest absolute Gasteiger partial charge is 0.436 e. The van der Waals surface area contributed by atoms with Crippen LogP contribution in [0.1, 0.15) is 55.7 Å². The summed E-state index contributed by atoms with van der Waals surface area (Å²) in [7, 11) is 0. The van der Waals surface area contributed by atoms with E-state index in [-0.39, 0.29) is 24.1 Å². The summed E-state index contributed by atoms with van der Waals surface area (Å²) in [5.74, 6) is 1.18. The molecule has 11 heteroatoms. The summed E-state index contributed by atoms with van der Waals surface area (Å²) in [5.41, 5.74) is 9.73. The maximum Gasteiger partial charge on any atom is 0.410 e. The quantitative estimate of drug-likeness (QED) is 0.348. The number of hydrogen-bond donors (Lipinski definition) is 3. The van der Waals surface area contributed by atoms with Crippen LogP contribution >= 0.6 is 11.6 Å². The van der Waals surface area contributed by atoms with Gasteiger partial charge in [0.1, 0.15) is 0 Å². The van der Waals surface area contributed by atoms with E-state index >= 15 is 0 Å². The van der Waals surface area contributed by atoms with Gasteiger partial charge in [-0.3, -0.25) is 9.36 Å². The molecule has 4 heterocycles. The lowest BCUT2D eigenvalue weighted by Crippen LogP contribution is -2.49. The number of carbonyl (C=O) groups is 2. The van der Waals surface area contributed by atoms with Crippen molar-refractivity contribution in [2.75, 3.05) is 45.0 Å². The Morgan fingerprint density at radius 1 is 0.977 bits per heavy atom. The highest BCUT2D eigenvalue weighted by Crippen LogP contribution is 2.32. The van der Waals surface area contributed by atoms with E-state index in [2.05, 4.69) is 10.3 Å². The minimum absolute atomic E-state index is 0.0266. The fraction of sp³-hybridized carbons (Fsp3) is 0.545. The van der Waals surface area contributed by atoms with Crippen LogP contribution in [0.3, 0.4) is 0 Å². The minimum atomic E-state index is -0.967. The number of benzene rings is 2. The SMILES string of the molecule is Cc1cc(C[C@@H](OC(=O)N2CCC(n3c(=O)[nH]c4ccccc43)CC2)C(=O)N2CCC(C3CCNCC3)CC2)cc(Cl)c1N. The van der Waals surface area contributed by atoms with Crippen molar-refractivity contribution < 1.29 is 14.3 Å². The minimum Gasteiger partial charge on any atom is -0.436 e. The second-order valence-electron chi connectivity index (χ2n) is 12.7. The fourth-order valence-electron chi connectivity index (χ4n) is 7.39. The topological polar surface area (TPSA) is 126 Å². The number of para-hydroxylation sites is 2. The van der Waals surface area contributed by atoms with E-state index in [4.69, 9.17) is 22.1 Å². The summed E-state index contributed by atoms with van der Waals surface area (Å²) in [4.78, 5) is 46.6. The third-order valence-electron chi connectivity index (χ3n) is 9.95. The molecule has 0 bridgehead atoms. The molecule has 0 saturated carbocycles. The summed E-state index contributed by atoms with van der Waals surface area (Å²) in [6.45, 7) is 6.24. The third kappa shape index (κ3) is 6.47. The molecule has 4 N–H and O–H groups in total. The Morgan fingerprint density at radius 3 is 2.34 bits per heavy atom. The molecule has 1 atom stereocenters. The van der Waals surface area contributed by atoms with Gasteiger partial charge in [0.15, 0.2) is 6.10 Å². The van der Waals surface area contributed by atoms with Crippen LogP contribution < -0.4 is 16.7 Å². The normalized spacial score (nSPS) is 19.8. The molecule has 3 aliphatic rings. The van der Waals surface area contributed by atoms with E-state index in [9.17, 15) is 14.4 Å². The van der Waals surface area contributed by atoms with Gasteiger partial charge in [-0.05, 0) is 99.7 Å². The highest BCUT2D eigenvalue weighted by atomic mass is 35.5. The summed E-state index contributed by atoms with van der Waals surface area (Å²) in [6, 6.07) is 11.3. The maximum absolute atomic E-state index is 13.9. The number of fused-ring (bicyclic) bond motifs is 1. The number of amides is 2. The molecule has 2 amide bonds. The number of imidazole rings is 1. The number of rotatable bonds is 6. The molecule has 0 unspecified atom stereocenters. The van der Waals surface area contributed by atoms with Crippen LogP contribution in [0.2, 0.25) is 5.02 Å². The van der Waals surface area contributed by atoms with Crippen molar-refractivity contribution in [3.8, 4) is 0 Å². The molecular formula is C33H43ClN6O4. The smallest absolute Gasteiger partial charge is 0.410 e. The van der Waals surface area contributed by atoms with Crippen LogP contribution in [0.4, 0.5) is 10.5 Å². The van der Waals surface area contributed by atoms with Crippen molar-refractivity contribution in [3.05, 3.63) is 63.0 Å². The molecular weight excluding hydrogens is 580 g/mol. The van der Waals surface area contributed by atoms with Crippen LogP contribution in [0.25, 0.3) is 11.0 Å². The number of halogens is 1. The predicted molar refractivity (Wildman–Crippen MR) is 172 cm³/mol. The van der Waals surface area contributed by atoms with Gasteiger partial charge in [-0.15, -0.1) is 0 Å². The van der Waals surface area contributed by atoms with E-state index in [0.29, 0.717) is 61.6 Å². The van der Waals surface area contributed by atoms with Crippen LogP contribution in [0.5, 0.6) is 0 Å². The summed E-state index contributed by atoms with van der Waals surface area (Å²) in [6.07, 6.45) is 4.33. The molecule has 2 aromatic carbocycles. The Bertz CT molecular complexity index is 1520. The summed E-state index contributed by atoms with van der Waals surface area (Å²) in [5, 5.41) is 3.87. The molecule has 236 valence electrons. The lowest BCUT2D eigenvalue weighted by molar-refractivity contribution is -0.142. The Kier molecular flexibility index (Phi) is 9.18. The zero-order valence-corrected chi connectivity index (χ0v) is 26.2. The predicted octanol–water partition coefficient (Wildman–Crippen LogP) is 4.50. The lowest BCUT2D eigenvalue weighted by Gasteiger charge is -2.39. The Morgan fingerprint density at radius 2 is 1.64 bits per heavy atom.